The number of likely N-dealkylation sites (tertiary alicyclic amines) is 1. The highest BCUT2D eigenvalue weighted by Gasteiger charge is 2.19. The van der Waals surface area contributed by atoms with Crippen LogP contribution in [0.4, 0.5) is 5.69 Å². The number of nitrogens with zero attached hydrogens (tertiary/aromatic N) is 3. The van der Waals surface area contributed by atoms with Gasteiger partial charge >= 0.3 is 0 Å². The van der Waals surface area contributed by atoms with Crippen LogP contribution in [0.3, 0.4) is 0 Å². The smallest absolute Gasteiger partial charge is 0.243 e. The molecule has 2 heterocycles. The third-order valence-corrected chi connectivity index (χ3v) is 4.89. The second-order valence-corrected chi connectivity index (χ2v) is 6.82. The molecule has 1 aliphatic heterocycles. The van der Waals surface area contributed by atoms with Crippen molar-refractivity contribution in [3.8, 4) is 5.69 Å². The molecule has 1 aliphatic rings. The molecule has 0 saturated carbocycles. The standard InChI is InChI=1S/C21H22N4O2/c26-20(14-24-13-5-1-2-8-21(24)27)23-16-9-11-17(12-10-16)25-15-22-18-6-3-4-7-19(18)25/h3-4,6-7,9-12,15H,1-2,5,8,13-14H2,(H,23,26). The van der Waals surface area contributed by atoms with Gasteiger partial charge in [0.25, 0.3) is 0 Å². The van der Waals surface area contributed by atoms with E-state index in [-0.39, 0.29) is 18.4 Å². The Hall–Kier alpha value is -3.15. The summed E-state index contributed by atoms with van der Waals surface area (Å²) in [5.74, 6) is -0.0870. The van der Waals surface area contributed by atoms with E-state index in [4.69, 9.17) is 0 Å². The van der Waals surface area contributed by atoms with Crippen LogP contribution in [0.25, 0.3) is 16.7 Å². The third kappa shape index (κ3) is 3.84. The summed E-state index contributed by atoms with van der Waals surface area (Å²) in [6.07, 6.45) is 5.27. The lowest BCUT2D eigenvalue weighted by molar-refractivity contribution is -0.134. The minimum Gasteiger partial charge on any atom is -0.333 e. The van der Waals surface area contributed by atoms with Gasteiger partial charge in [-0.3, -0.25) is 14.2 Å². The predicted octanol–water partition coefficient (Wildman–Crippen LogP) is 3.37. The Morgan fingerprint density at radius 3 is 2.70 bits per heavy atom. The number of imidazole rings is 1. The Balaban J connectivity index is 1.43. The number of carbonyl (C=O) groups excluding carboxylic acids is 2. The Kier molecular flexibility index (Phi) is 4.87. The van der Waals surface area contributed by atoms with Gasteiger partial charge in [0.2, 0.25) is 11.8 Å². The molecule has 1 fully saturated rings. The van der Waals surface area contributed by atoms with E-state index in [9.17, 15) is 9.59 Å². The number of para-hydroxylation sites is 2. The highest BCUT2D eigenvalue weighted by atomic mass is 16.2. The summed E-state index contributed by atoms with van der Waals surface area (Å²) in [5, 5.41) is 2.88. The maximum atomic E-state index is 12.3. The van der Waals surface area contributed by atoms with Crippen molar-refractivity contribution in [2.75, 3.05) is 18.4 Å². The average molecular weight is 362 g/mol. The minimum atomic E-state index is -0.161. The number of aromatic nitrogens is 2. The van der Waals surface area contributed by atoms with Gasteiger partial charge in [-0.05, 0) is 49.2 Å². The quantitative estimate of drug-likeness (QED) is 0.774. The van der Waals surface area contributed by atoms with E-state index < -0.39 is 0 Å². The molecule has 1 N–H and O–H groups in total. The van der Waals surface area contributed by atoms with Gasteiger partial charge in [-0.1, -0.05) is 18.6 Å². The van der Waals surface area contributed by atoms with Crippen molar-refractivity contribution in [3.63, 3.8) is 0 Å². The number of hydrogen-bond acceptors (Lipinski definition) is 3. The molecule has 2 aromatic carbocycles. The van der Waals surface area contributed by atoms with E-state index in [1.165, 1.54) is 0 Å². The molecule has 1 saturated heterocycles. The summed E-state index contributed by atoms with van der Waals surface area (Å²) >= 11 is 0. The Bertz CT molecular complexity index is 962. The molecule has 0 unspecified atom stereocenters. The zero-order chi connectivity index (χ0) is 18.6. The summed E-state index contributed by atoms with van der Waals surface area (Å²) in [5.41, 5.74) is 3.67. The molecule has 6 nitrogen and oxygen atoms in total. The van der Waals surface area contributed by atoms with Crippen LogP contribution in [0.5, 0.6) is 0 Å². The van der Waals surface area contributed by atoms with Crippen LogP contribution >= 0.6 is 0 Å². The second kappa shape index (κ2) is 7.61. The van der Waals surface area contributed by atoms with Crippen molar-refractivity contribution in [3.05, 3.63) is 54.9 Å². The van der Waals surface area contributed by atoms with Gasteiger partial charge in [0.1, 0.15) is 6.33 Å². The maximum absolute atomic E-state index is 12.3. The first kappa shape index (κ1) is 17.3. The molecule has 6 heteroatoms. The molecule has 0 radical (unpaired) electrons. The molecule has 1 aromatic heterocycles. The van der Waals surface area contributed by atoms with Gasteiger partial charge in [-0.25, -0.2) is 4.98 Å². The fourth-order valence-electron chi connectivity index (χ4n) is 3.45. The zero-order valence-electron chi connectivity index (χ0n) is 15.1. The first-order valence-electron chi connectivity index (χ1n) is 9.31. The van der Waals surface area contributed by atoms with E-state index in [0.29, 0.717) is 13.0 Å². The highest BCUT2D eigenvalue weighted by Crippen LogP contribution is 2.19. The first-order chi connectivity index (χ1) is 13.2. The van der Waals surface area contributed by atoms with E-state index in [1.807, 2.05) is 53.1 Å². The van der Waals surface area contributed by atoms with Gasteiger partial charge in [0.05, 0.1) is 17.6 Å². The van der Waals surface area contributed by atoms with Crippen molar-refractivity contribution in [1.29, 1.82) is 0 Å². The van der Waals surface area contributed by atoms with Crippen LogP contribution in [-0.2, 0) is 9.59 Å². The Morgan fingerprint density at radius 2 is 1.85 bits per heavy atom. The van der Waals surface area contributed by atoms with Crippen molar-refractivity contribution in [2.24, 2.45) is 0 Å². The lowest BCUT2D eigenvalue weighted by atomic mass is 10.2. The van der Waals surface area contributed by atoms with Gasteiger partial charge in [-0.15, -0.1) is 0 Å². The van der Waals surface area contributed by atoms with Crippen molar-refractivity contribution >= 4 is 28.5 Å². The van der Waals surface area contributed by atoms with E-state index in [1.54, 1.807) is 11.2 Å². The zero-order valence-corrected chi connectivity index (χ0v) is 15.1. The van der Waals surface area contributed by atoms with Gasteiger partial charge in [0, 0.05) is 24.3 Å². The summed E-state index contributed by atoms with van der Waals surface area (Å²) in [6, 6.07) is 15.6. The molecule has 0 bridgehead atoms. The molecule has 0 spiro atoms. The van der Waals surface area contributed by atoms with Crippen LogP contribution in [0.1, 0.15) is 25.7 Å². The molecule has 27 heavy (non-hydrogen) atoms. The number of amides is 2. The predicted molar refractivity (Wildman–Crippen MR) is 105 cm³/mol. The van der Waals surface area contributed by atoms with Crippen LogP contribution in [0, 0.1) is 0 Å². The second-order valence-electron chi connectivity index (χ2n) is 6.82. The summed E-state index contributed by atoms with van der Waals surface area (Å²) in [6.45, 7) is 0.783. The normalized spacial score (nSPS) is 15.0. The number of hydrogen-bond donors (Lipinski definition) is 1. The average Bonchev–Trinajstić information content (AvgIpc) is 3.01. The largest absolute Gasteiger partial charge is 0.333 e. The lowest BCUT2D eigenvalue weighted by Gasteiger charge is -2.19. The molecule has 0 aliphatic carbocycles. The number of nitrogens with one attached hydrogen (secondary N) is 1. The highest BCUT2D eigenvalue weighted by molar-refractivity contribution is 5.94. The van der Waals surface area contributed by atoms with E-state index >= 15 is 0 Å². The van der Waals surface area contributed by atoms with Crippen LogP contribution < -0.4 is 5.32 Å². The lowest BCUT2D eigenvalue weighted by Crippen LogP contribution is -2.37. The number of anilines is 1. The molecule has 0 atom stereocenters. The van der Waals surface area contributed by atoms with Crippen molar-refractivity contribution < 1.29 is 9.59 Å². The summed E-state index contributed by atoms with van der Waals surface area (Å²) < 4.78 is 2.01. The maximum Gasteiger partial charge on any atom is 0.243 e. The van der Waals surface area contributed by atoms with E-state index in [2.05, 4.69) is 10.3 Å². The number of fused-ring (bicyclic) bond motifs is 1. The number of rotatable bonds is 4. The van der Waals surface area contributed by atoms with Crippen molar-refractivity contribution in [2.45, 2.75) is 25.7 Å². The van der Waals surface area contributed by atoms with Crippen LogP contribution in [0.15, 0.2) is 54.9 Å². The molecule has 3 aromatic rings. The van der Waals surface area contributed by atoms with Crippen molar-refractivity contribution in [1.82, 2.24) is 14.5 Å². The fraction of sp³-hybridized carbons (Fsp3) is 0.286. The minimum absolute atomic E-state index is 0.0741. The molecule has 4 rings (SSSR count). The number of benzene rings is 2. The molecule has 138 valence electrons. The Labute approximate surface area is 157 Å². The summed E-state index contributed by atoms with van der Waals surface area (Å²) in [7, 11) is 0. The summed E-state index contributed by atoms with van der Waals surface area (Å²) in [4.78, 5) is 30.4. The monoisotopic (exact) mass is 362 g/mol. The third-order valence-electron chi connectivity index (χ3n) is 4.89. The number of carbonyl (C=O) groups is 2. The van der Waals surface area contributed by atoms with Crippen LogP contribution in [0.2, 0.25) is 0 Å². The Morgan fingerprint density at radius 1 is 1.04 bits per heavy atom. The van der Waals surface area contributed by atoms with Crippen LogP contribution in [-0.4, -0.2) is 39.4 Å². The topological polar surface area (TPSA) is 67.2 Å². The van der Waals surface area contributed by atoms with Gasteiger partial charge in [-0.2, -0.15) is 0 Å². The first-order valence-corrected chi connectivity index (χ1v) is 9.31. The SMILES string of the molecule is O=C(CN1CCCCCC1=O)Nc1ccc(-n2cnc3ccccc32)cc1. The van der Waals surface area contributed by atoms with E-state index in [0.717, 1.165) is 41.7 Å². The molecular weight excluding hydrogens is 340 g/mol. The molecular formula is C21H22N4O2. The van der Waals surface area contributed by atoms with Gasteiger partial charge in [0.15, 0.2) is 0 Å². The molecule has 2 amide bonds. The fourth-order valence-corrected chi connectivity index (χ4v) is 3.45. The van der Waals surface area contributed by atoms with Gasteiger partial charge < -0.3 is 10.2 Å².